The lowest BCUT2D eigenvalue weighted by molar-refractivity contribution is -0.150. The van der Waals surface area contributed by atoms with E-state index in [-0.39, 0.29) is 12.4 Å². The van der Waals surface area contributed by atoms with Gasteiger partial charge in [-0.2, -0.15) is 5.10 Å². The second-order valence-electron chi connectivity index (χ2n) is 5.94. The molecule has 128 valence electrons. The van der Waals surface area contributed by atoms with Crippen LogP contribution in [0.1, 0.15) is 17.0 Å². The van der Waals surface area contributed by atoms with Gasteiger partial charge in [-0.25, -0.2) is 9.07 Å². The summed E-state index contributed by atoms with van der Waals surface area (Å²) in [6.45, 7) is 5.62. The number of aromatic nitrogens is 2. The minimum Gasteiger partial charge on any atom is -0.480 e. The Morgan fingerprint density at radius 3 is 2.75 bits per heavy atom. The Morgan fingerprint density at radius 1 is 1.38 bits per heavy atom. The van der Waals surface area contributed by atoms with Crippen LogP contribution in [0.25, 0.3) is 5.69 Å². The smallest absolute Gasteiger partial charge is 0.323 e. The highest BCUT2D eigenvalue weighted by Crippen LogP contribution is 2.21. The Kier molecular flexibility index (Phi) is 4.64. The van der Waals surface area contributed by atoms with Crippen molar-refractivity contribution in [3.8, 4) is 5.69 Å². The average molecular weight is 333 g/mol. The number of aryl methyl sites for hydroxylation is 1. The first-order valence-electron chi connectivity index (χ1n) is 7.83. The van der Waals surface area contributed by atoms with Crippen LogP contribution in [-0.2, 0) is 16.1 Å². The first-order chi connectivity index (χ1) is 11.5. The van der Waals surface area contributed by atoms with E-state index < -0.39 is 12.0 Å². The van der Waals surface area contributed by atoms with Crippen molar-refractivity contribution in [3.63, 3.8) is 0 Å². The zero-order valence-corrected chi connectivity index (χ0v) is 13.7. The zero-order valence-electron chi connectivity index (χ0n) is 13.7. The fourth-order valence-electron chi connectivity index (χ4n) is 3.00. The number of aliphatic carboxylic acids is 1. The SMILES string of the molecule is Cc1nn(-c2ccc(F)cc2)c(C)c1CN1CCOC[C@@H]1C(=O)O. The largest absolute Gasteiger partial charge is 0.480 e. The molecule has 0 aliphatic carbocycles. The minimum atomic E-state index is -0.879. The highest BCUT2D eigenvalue weighted by atomic mass is 19.1. The molecule has 1 fully saturated rings. The molecule has 0 saturated carbocycles. The van der Waals surface area contributed by atoms with Gasteiger partial charge >= 0.3 is 5.97 Å². The lowest BCUT2D eigenvalue weighted by Crippen LogP contribution is -2.49. The van der Waals surface area contributed by atoms with E-state index in [9.17, 15) is 14.3 Å². The Morgan fingerprint density at radius 2 is 2.08 bits per heavy atom. The van der Waals surface area contributed by atoms with Crippen LogP contribution in [0, 0.1) is 19.7 Å². The van der Waals surface area contributed by atoms with E-state index in [0.717, 1.165) is 22.6 Å². The lowest BCUT2D eigenvalue weighted by Gasteiger charge is -2.32. The molecule has 3 rings (SSSR count). The van der Waals surface area contributed by atoms with E-state index in [2.05, 4.69) is 5.10 Å². The summed E-state index contributed by atoms with van der Waals surface area (Å²) >= 11 is 0. The maximum Gasteiger partial charge on any atom is 0.323 e. The number of ether oxygens (including phenoxy) is 1. The molecule has 0 amide bonds. The van der Waals surface area contributed by atoms with Gasteiger partial charge < -0.3 is 9.84 Å². The fourth-order valence-corrected chi connectivity index (χ4v) is 3.00. The number of rotatable bonds is 4. The Bertz CT molecular complexity index is 742. The Balaban J connectivity index is 1.89. The summed E-state index contributed by atoms with van der Waals surface area (Å²) in [5, 5.41) is 13.9. The highest BCUT2D eigenvalue weighted by molar-refractivity contribution is 5.73. The zero-order chi connectivity index (χ0) is 17.3. The van der Waals surface area contributed by atoms with Gasteiger partial charge in [0.05, 0.1) is 24.6 Å². The number of morpholine rings is 1. The first-order valence-corrected chi connectivity index (χ1v) is 7.83. The molecule has 7 heteroatoms. The summed E-state index contributed by atoms with van der Waals surface area (Å²) in [7, 11) is 0. The van der Waals surface area contributed by atoms with Crippen LogP contribution < -0.4 is 0 Å². The molecule has 1 N–H and O–H groups in total. The van der Waals surface area contributed by atoms with E-state index in [4.69, 9.17) is 4.74 Å². The summed E-state index contributed by atoms with van der Waals surface area (Å²) in [6.07, 6.45) is 0. The Labute approximate surface area is 139 Å². The minimum absolute atomic E-state index is 0.194. The summed E-state index contributed by atoms with van der Waals surface area (Å²) in [5.74, 6) is -1.17. The predicted octanol–water partition coefficient (Wildman–Crippen LogP) is 1.91. The van der Waals surface area contributed by atoms with E-state index >= 15 is 0 Å². The summed E-state index contributed by atoms with van der Waals surface area (Å²) < 4.78 is 20.2. The van der Waals surface area contributed by atoms with Crippen molar-refractivity contribution in [2.75, 3.05) is 19.8 Å². The van der Waals surface area contributed by atoms with Crippen molar-refractivity contribution in [1.29, 1.82) is 0 Å². The molecule has 0 bridgehead atoms. The first kappa shape index (κ1) is 16.6. The lowest BCUT2D eigenvalue weighted by atomic mass is 10.1. The molecule has 2 aromatic rings. The van der Waals surface area contributed by atoms with Crippen LogP contribution in [0.2, 0.25) is 0 Å². The van der Waals surface area contributed by atoms with Gasteiger partial charge in [0.1, 0.15) is 11.9 Å². The van der Waals surface area contributed by atoms with Gasteiger partial charge in [0, 0.05) is 24.3 Å². The predicted molar refractivity (Wildman–Crippen MR) is 85.6 cm³/mol. The quantitative estimate of drug-likeness (QED) is 0.926. The van der Waals surface area contributed by atoms with Gasteiger partial charge in [-0.15, -0.1) is 0 Å². The molecule has 0 unspecified atom stereocenters. The van der Waals surface area contributed by atoms with E-state index in [1.54, 1.807) is 16.8 Å². The molecule has 1 aromatic carbocycles. The third-order valence-electron chi connectivity index (χ3n) is 4.40. The summed E-state index contributed by atoms with van der Waals surface area (Å²) in [6, 6.07) is 5.49. The second-order valence-corrected chi connectivity index (χ2v) is 5.94. The molecule has 24 heavy (non-hydrogen) atoms. The molecule has 1 aliphatic rings. The molecule has 2 heterocycles. The van der Waals surface area contributed by atoms with Crippen LogP contribution in [0.3, 0.4) is 0 Å². The molecule has 6 nitrogen and oxygen atoms in total. The number of carboxylic acids is 1. The molecule has 1 aromatic heterocycles. The van der Waals surface area contributed by atoms with Crippen molar-refractivity contribution >= 4 is 5.97 Å². The molecule has 1 saturated heterocycles. The normalized spacial score (nSPS) is 18.7. The average Bonchev–Trinajstić information content (AvgIpc) is 2.84. The van der Waals surface area contributed by atoms with E-state index in [1.165, 1.54) is 12.1 Å². The van der Waals surface area contributed by atoms with Crippen LogP contribution in [0.15, 0.2) is 24.3 Å². The number of hydrogen-bond acceptors (Lipinski definition) is 4. The van der Waals surface area contributed by atoms with Gasteiger partial charge in [-0.1, -0.05) is 0 Å². The number of hydrogen-bond donors (Lipinski definition) is 1. The number of halogens is 1. The summed E-state index contributed by atoms with van der Waals surface area (Å²) in [4.78, 5) is 13.3. The van der Waals surface area contributed by atoms with Gasteiger partial charge in [-0.3, -0.25) is 9.69 Å². The van der Waals surface area contributed by atoms with Crippen molar-refractivity contribution in [2.24, 2.45) is 0 Å². The maximum atomic E-state index is 13.1. The molecular weight excluding hydrogens is 313 g/mol. The molecular formula is C17H20FN3O3. The highest BCUT2D eigenvalue weighted by Gasteiger charge is 2.30. The van der Waals surface area contributed by atoms with Crippen molar-refractivity contribution in [1.82, 2.24) is 14.7 Å². The Hall–Kier alpha value is -2.25. The molecule has 0 radical (unpaired) electrons. The van der Waals surface area contributed by atoms with Gasteiger partial charge in [0.15, 0.2) is 0 Å². The third kappa shape index (κ3) is 3.18. The topological polar surface area (TPSA) is 67.6 Å². The van der Waals surface area contributed by atoms with Crippen molar-refractivity contribution in [2.45, 2.75) is 26.4 Å². The van der Waals surface area contributed by atoms with Gasteiger partial charge in [0.2, 0.25) is 0 Å². The van der Waals surface area contributed by atoms with Crippen molar-refractivity contribution < 1.29 is 19.0 Å². The number of carbonyl (C=O) groups is 1. The summed E-state index contributed by atoms with van der Waals surface area (Å²) in [5.41, 5.74) is 3.54. The van der Waals surface area contributed by atoms with Crippen LogP contribution in [-0.4, -0.2) is 51.6 Å². The van der Waals surface area contributed by atoms with E-state index in [0.29, 0.717) is 19.7 Å². The van der Waals surface area contributed by atoms with Crippen LogP contribution >= 0.6 is 0 Å². The maximum absolute atomic E-state index is 13.1. The van der Waals surface area contributed by atoms with Crippen LogP contribution in [0.4, 0.5) is 4.39 Å². The number of carboxylic acid groups (broad SMARTS) is 1. The second kappa shape index (κ2) is 6.70. The third-order valence-corrected chi connectivity index (χ3v) is 4.40. The fraction of sp³-hybridized carbons (Fsp3) is 0.412. The van der Waals surface area contributed by atoms with E-state index in [1.807, 2.05) is 18.7 Å². The monoisotopic (exact) mass is 333 g/mol. The van der Waals surface area contributed by atoms with Gasteiger partial charge in [-0.05, 0) is 38.1 Å². The van der Waals surface area contributed by atoms with Crippen molar-refractivity contribution in [3.05, 3.63) is 47.0 Å². The molecule has 1 atom stereocenters. The number of nitrogens with zero attached hydrogens (tertiary/aromatic N) is 3. The standard InChI is InChI=1S/C17H20FN3O3/c1-11-15(9-20-7-8-24-10-16(20)17(22)23)12(2)21(19-11)14-5-3-13(18)4-6-14/h3-6,16H,7-10H2,1-2H3,(H,22,23)/t16-/m1/s1. The molecule has 0 spiro atoms. The number of benzene rings is 1. The van der Waals surface area contributed by atoms with Gasteiger partial charge in [0.25, 0.3) is 0 Å². The molecule has 1 aliphatic heterocycles. The van der Waals surface area contributed by atoms with Crippen LogP contribution in [0.5, 0.6) is 0 Å².